The molecule has 2 heterocycles. The Labute approximate surface area is 99.3 Å². The molecular formula is C10H15ClN4O. The lowest BCUT2D eigenvalue weighted by atomic mass is 10.0. The Morgan fingerprint density at radius 3 is 3.00 bits per heavy atom. The SMILES string of the molecule is CC(O)C1CCN(c2ncnc(Cl)c2N)C1. The van der Waals surface area contributed by atoms with E-state index in [9.17, 15) is 5.11 Å². The summed E-state index contributed by atoms with van der Waals surface area (Å²) in [6, 6.07) is 0. The second-order valence-electron chi connectivity index (χ2n) is 4.14. The maximum atomic E-state index is 9.52. The molecule has 16 heavy (non-hydrogen) atoms. The molecule has 0 saturated carbocycles. The number of rotatable bonds is 2. The molecule has 0 bridgehead atoms. The zero-order valence-electron chi connectivity index (χ0n) is 9.10. The van der Waals surface area contributed by atoms with Crippen LogP contribution in [0.15, 0.2) is 6.33 Å². The third-order valence-corrected chi connectivity index (χ3v) is 3.32. The minimum Gasteiger partial charge on any atom is -0.393 e. The molecule has 0 aromatic carbocycles. The summed E-state index contributed by atoms with van der Waals surface area (Å²) >= 11 is 5.84. The normalized spacial score (nSPS) is 22.4. The summed E-state index contributed by atoms with van der Waals surface area (Å²) in [5.41, 5.74) is 6.24. The molecule has 1 aromatic heterocycles. The van der Waals surface area contributed by atoms with E-state index in [4.69, 9.17) is 17.3 Å². The van der Waals surface area contributed by atoms with Crippen LogP contribution in [-0.2, 0) is 0 Å². The number of hydrogen-bond donors (Lipinski definition) is 2. The van der Waals surface area contributed by atoms with Gasteiger partial charge in [0.2, 0.25) is 0 Å². The molecule has 0 spiro atoms. The van der Waals surface area contributed by atoms with Gasteiger partial charge in [0.05, 0.1) is 6.10 Å². The van der Waals surface area contributed by atoms with Crippen LogP contribution in [0.25, 0.3) is 0 Å². The Bertz CT molecular complexity index is 385. The summed E-state index contributed by atoms with van der Waals surface area (Å²) in [5.74, 6) is 0.941. The van der Waals surface area contributed by atoms with Crippen LogP contribution in [0.5, 0.6) is 0 Å². The third kappa shape index (κ3) is 2.05. The fraction of sp³-hybridized carbons (Fsp3) is 0.600. The van der Waals surface area contributed by atoms with Crippen LogP contribution < -0.4 is 10.6 Å². The zero-order valence-corrected chi connectivity index (χ0v) is 9.85. The monoisotopic (exact) mass is 242 g/mol. The van der Waals surface area contributed by atoms with Crippen molar-refractivity contribution >= 4 is 23.1 Å². The van der Waals surface area contributed by atoms with E-state index in [0.29, 0.717) is 11.5 Å². The second-order valence-corrected chi connectivity index (χ2v) is 4.50. The van der Waals surface area contributed by atoms with Crippen molar-refractivity contribution in [1.82, 2.24) is 9.97 Å². The summed E-state index contributed by atoms with van der Waals surface area (Å²) in [5, 5.41) is 9.81. The van der Waals surface area contributed by atoms with Crippen molar-refractivity contribution in [2.45, 2.75) is 19.4 Å². The van der Waals surface area contributed by atoms with E-state index >= 15 is 0 Å². The molecule has 1 aliphatic rings. The van der Waals surface area contributed by atoms with Gasteiger partial charge >= 0.3 is 0 Å². The fourth-order valence-corrected chi connectivity index (χ4v) is 2.12. The highest BCUT2D eigenvalue weighted by Gasteiger charge is 2.28. The summed E-state index contributed by atoms with van der Waals surface area (Å²) in [6.07, 6.45) is 2.05. The van der Waals surface area contributed by atoms with E-state index in [1.807, 2.05) is 11.8 Å². The molecule has 0 amide bonds. The van der Waals surface area contributed by atoms with E-state index in [2.05, 4.69) is 9.97 Å². The lowest BCUT2D eigenvalue weighted by Gasteiger charge is -2.20. The highest BCUT2D eigenvalue weighted by molar-refractivity contribution is 6.32. The molecule has 1 aromatic rings. The van der Waals surface area contributed by atoms with Crippen LogP contribution in [0.3, 0.4) is 0 Å². The number of hydrogen-bond acceptors (Lipinski definition) is 5. The molecule has 1 aliphatic heterocycles. The number of nitrogens with two attached hydrogens (primary N) is 1. The van der Waals surface area contributed by atoms with Crippen molar-refractivity contribution in [2.75, 3.05) is 23.7 Å². The van der Waals surface area contributed by atoms with Crippen LogP contribution in [0, 0.1) is 5.92 Å². The van der Waals surface area contributed by atoms with Gasteiger partial charge in [-0.1, -0.05) is 11.6 Å². The molecule has 1 fully saturated rings. The average molecular weight is 243 g/mol. The van der Waals surface area contributed by atoms with Gasteiger partial charge in [-0.25, -0.2) is 9.97 Å². The zero-order chi connectivity index (χ0) is 11.7. The number of nitrogen functional groups attached to an aromatic ring is 1. The summed E-state index contributed by atoms with van der Waals surface area (Å²) < 4.78 is 0. The smallest absolute Gasteiger partial charge is 0.157 e. The number of halogens is 1. The highest BCUT2D eigenvalue weighted by atomic mass is 35.5. The Kier molecular flexibility index (Phi) is 3.16. The van der Waals surface area contributed by atoms with Gasteiger partial charge in [0.25, 0.3) is 0 Å². The van der Waals surface area contributed by atoms with E-state index in [1.54, 1.807) is 0 Å². The number of aromatic nitrogens is 2. The van der Waals surface area contributed by atoms with Gasteiger partial charge in [-0.05, 0) is 13.3 Å². The first-order valence-corrected chi connectivity index (χ1v) is 5.66. The maximum Gasteiger partial charge on any atom is 0.157 e. The van der Waals surface area contributed by atoms with Gasteiger partial charge in [-0.15, -0.1) is 0 Å². The van der Waals surface area contributed by atoms with Crippen LogP contribution >= 0.6 is 11.6 Å². The van der Waals surface area contributed by atoms with Crippen LogP contribution in [-0.4, -0.2) is 34.3 Å². The predicted octanol–water partition coefficient (Wildman–Crippen LogP) is 0.919. The van der Waals surface area contributed by atoms with Gasteiger partial charge in [0.1, 0.15) is 12.0 Å². The molecule has 5 nitrogen and oxygen atoms in total. The lowest BCUT2D eigenvalue weighted by molar-refractivity contribution is 0.136. The van der Waals surface area contributed by atoms with Crippen molar-refractivity contribution < 1.29 is 5.11 Å². The summed E-state index contributed by atoms with van der Waals surface area (Å²) in [4.78, 5) is 10.00. The van der Waals surface area contributed by atoms with Crippen molar-refractivity contribution in [3.05, 3.63) is 11.5 Å². The van der Waals surface area contributed by atoms with E-state index < -0.39 is 0 Å². The minimum absolute atomic E-state index is 0.271. The Hall–Kier alpha value is -1.07. The standard InChI is InChI=1S/C10H15ClN4O/c1-6(16)7-2-3-15(4-7)10-8(12)9(11)13-5-14-10/h5-7,16H,2-4,12H2,1H3. The van der Waals surface area contributed by atoms with Crippen LogP contribution in [0.2, 0.25) is 5.15 Å². The number of anilines is 2. The summed E-state index contributed by atoms with van der Waals surface area (Å²) in [6.45, 7) is 3.41. The predicted molar refractivity (Wildman–Crippen MR) is 63.5 cm³/mol. The van der Waals surface area contributed by atoms with Crippen molar-refractivity contribution in [3.63, 3.8) is 0 Å². The Morgan fingerprint density at radius 1 is 1.62 bits per heavy atom. The van der Waals surface area contributed by atoms with Crippen LogP contribution in [0.4, 0.5) is 11.5 Å². The molecule has 2 unspecified atom stereocenters. The fourth-order valence-electron chi connectivity index (χ4n) is 1.99. The highest BCUT2D eigenvalue weighted by Crippen LogP contribution is 2.30. The second kappa shape index (κ2) is 4.43. The molecule has 1 saturated heterocycles. The first-order valence-electron chi connectivity index (χ1n) is 5.28. The van der Waals surface area contributed by atoms with E-state index in [-0.39, 0.29) is 17.2 Å². The number of aliphatic hydroxyl groups is 1. The quantitative estimate of drug-likeness (QED) is 0.755. The molecule has 0 aliphatic carbocycles. The Balaban J connectivity index is 2.17. The van der Waals surface area contributed by atoms with Crippen LogP contribution in [0.1, 0.15) is 13.3 Å². The first kappa shape index (κ1) is 11.4. The van der Waals surface area contributed by atoms with Crippen molar-refractivity contribution in [1.29, 1.82) is 0 Å². The average Bonchev–Trinajstić information content (AvgIpc) is 2.71. The van der Waals surface area contributed by atoms with Gasteiger partial charge < -0.3 is 15.7 Å². The van der Waals surface area contributed by atoms with Gasteiger partial charge in [-0.3, -0.25) is 0 Å². The van der Waals surface area contributed by atoms with E-state index in [0.717, 1.165) is 19.5 Å². The van der Waals surface area contributed by atoms with E-state index in [1.165, 1.54) is 6.33 Å². The summed E-state index contributed by atoms with van der Waals surface area (Å²) in [7, 11) is 0. The molecule has 3 N–H and O–H groups in total. The van der Waals surface area contributed by atoms with Gasteiger partial charge in [-0.2, -0.15) is 0 Å². The molecular weight excluding hydrogens is 228 g/mol. The number of nitrogens with zero attached hydrogens (tertiary/aromatic N) is 3. The number of aliphatic hydroxyl groups excluding tert-OH is 1. The van der Waals surface area contributed by atoms with Gasteiger partial charge in [0, 0.05) is 19.0 Å². The molecule has 2 rings (SSSR count). The maximum absolute atomic E-state index is 9.52. The largest absolute Gasteiger partial charge is 0.393 e. The first-order chi connectivity index (χ1) is 7.59. The van der Waals surface area contributed by atoms with Gasteiger partial charge in [0.15, 0.2) is 11.0 Å². The molecule has 0 radical (unpaired) electrons. The lowest BCUT2D eigenvalue weighted by Crippen LogP contribution is -2.25. The van der Waals surface area contributed by atoms with Crippen molar-refractivity contribution in [2.24, 2.45) is 5.92 Å². The molecule has 88 valence electrons. The third-order valence-electron chi connectivity index (χ3n) is 3.02. The molecule has 6 heteroatoms. The topological polar surface area (TPSA) is 75.3 Å². The van der Waals surface area contributed by atoms with Crippen molar-refractivity contribution in [3.8, 4) is 0 Å². The Morgan fingerprint density at radius 2 is 2.38 bits per heavy atom. The molecule has 2 atom stereocenters. The minimum atomic E-state index is -0.302.